The van der Waals surface area contributed by atoms with E-state index in [4.69, 9.17) is 0 Å². The molecule has 6 nitrogen and oxygen atoms in total. The molecule has 2 unspecified atom stereocenters. The second-order valence-electron chi connectivity index (χ2n) is 7.59. The molecule has 138 valence electrons. The minimum Gasteiger partial charge on any atom is -0.334 e. The quantitative estimate of drug-likeness (QED) is 0.838. The lowest BCUT2D eigenvalue weighted by Gasteiger charge is -2.27. The minimum absolute atomic E-state index is 0.140. The normalized spacial score (nSPS) is 28.6. The summed E-state index contributed by atoms with van der Waals surface area (Å²) in [4.78, 5) is 40.5. The zero-order valence-electron chi connectivity index (χ0n) is 14.7. The van der Waals surface area contributed by atoms with Crippen LogP contribution in [0.2, 0.25) is 0 Å². The fourth-order valence-corrected chi connectivity index (χ4v) is 4.12. The number of carbonyl (C=O) groups is 3. The van der Waals surface area contributed by atoms with Crippen molar-refractivity contribution in [3.05, 3.63) is 35.6 Å². The van der Waals surface area contributed by atoms with Gasteiger partial charge >= 0.3 is 6.03 Å². The molecule has 1 N–H and O–H groups in total. The third kappa shape index (κ3) is 2.75. The highest BCUT2D eigenvalue weighted by molar-refractivity contribution is 6.09. The van der Waals surface area contributed by atoms with Gasteiger partial charge in [-0.25, -0.2) is 9.18 Å². The van der Waals surface area contributed by atoms with Crippen molar-refractivity contribution < 1.29 is 18.8 Å². The smallest absolute Gasteiger partial charge is 0.325 e. The summed E-state index contributed by atoms with van der Waals surface area (Å²) in [5.74, 6) is -0.711. The van der Waals surface area contributed by atoms with Gasteiger partial charge in [0.25, 0.3) is 5.91 Å². The number of nitrogens with one attached hydrogen (secondary N) is 1. The van der Waals surface area contributed by atoms with Crippen LogP contribution >= 0.6 is 0 Å². The zero-order valence-corrected chi connectivity index (χ0v) is 14.7. The van der Waals surface area contributed by atoms with Gasteiger partial charge in [0, 0.05) is 6.54 Å². The van der Waals surface area contributed by atoms with E-state index in [0.717, 1.165) is 36.1 Å². The van der Waals surface area contributed by atoms with Gasteiger partial charge in [0.15, 0.2) is 0 Å². The summed E-state index contributed by atoms with van der Waals surface area (Å²) in [7, 11) is 0. The summed E-state index contributed by atoms with van der Waals surface area (Å²) in [5, 5.41) is 2.76. The Morgan fingerprint density at radius 3 is 2.58 bits per heavy atom. The lowest BCUT2D eigenvalue weighted by Crippen LogP contribution is -2.47. The highest BCUT2D eigenvalue weighted by Crippen LogP contribution is 2.42. The fourth-order valence-electron chi connectivity index (χ4n) is 4.12. The Kier molecular flexibility index (Phi) is 3.97. The van der Waals surface area contributed by atoms with Crippen molar-refractivity contribution in [2.75, 3.05) is 13.1 Å². The molecule has 2 aliphatic heterocycles. The van der Waals surface area contributed by atoms with Crippen LogP contribution in [0, 0.1) is 11.7 Å². The molecule has 1 aliphatic carbocycles. The third-order valence-electron chi connectivity index (χ3n) is 5.82. The average Bonchev–Trinajstić information content (AvgIpc) is 3.32. The Labute approximate surface area is 151 Å². The predicted octanol–water partition coefficient (Wildman–Crippen LogP) is 2.21. The lowest BCUT2D eigenvalue weighted by molar-refractivity contribution is -0.139. The molecule has 0 spiro atoms. The van der Waals surface area contributed by atoms with Crippen molar-refractivity contribution in [3.8, 4) is 0 Å². The van der Waals surface area contributed by atoms with E-state index >= 15 is 0 Å². The Bertz CT molecular complexity index is 762. The molecule has 2 saturated heterocycles. The topological polar surface area (TPSA) is 69.7 Å². The van der Waals surface area contributed by atoms with Gasteiger partial charge in [0.1, 0.15) is 17.9 Å². The van der Waals surface area contributed by atoms with Crippen molar-refractivity contribution >= 4 is 17.8 Å². The number of hydrogen-bond acceptors (Lipinski definition) is 3. The second kappa shape index (κ2) is 6.07. The Hall–Kier alpha value is -2.44. The number of rotatable bonds is 4. The highest BCUT2D eigenvalue weighted by atomic mass is 19.1. The molecule has 4 rings (SSSR count). The minimum atomic E-state index is -0.876. The number of urea groups is 1. The predicted molar refractivity (Wildman–Crippen MR) is 91.5 cm³/mol. The van der Waals surface area contributed by atoms with Crippen LogP contribution in [0.25, 0.3) is 0 Å². The maximum Gasteiger partial charge on any atom is 0.325 e. The molecular weight excluding hydrogens is 337 g/mol. The Morgan fingerprint density at radius 1 is 1.23 bits per heavy atom. The molecule has 0 aromatic heterocycles. The maximum atomic E-state index is 13.2. The van der Waals surface area contributed by atoms with Crippen LogP contribution in [0.5, 0.6) is 0 Å². The van der Waals surface area contributed by atoms with E-state index in [9.17, 15) is 18.8 Å². The summed E-state index contributed by atoms with van der Waals surface area (Å²) >= 11 is 0. The maximum absolute atomic E-state index is 13.2. The second-order valence-corrected chi connectivity index (χ2v) is 7.59. The summed E-state index contributed by atoms with van der Waals surface area (Å²) in [5.41, 5.74) is -0.00379. The monoisotopic (exact) mass is 359 g/mol. The molecule has 1 aromatic rings. The van der Waals surface area contributed by atoms with E-state index < -0.39 is 11.6 Å². The Morgan fingerprint density at radius 2 is 1.92 bits per heavy atom. The number of likely N-dealkylation sites (tertiary alicyclic amines) is 1. The summed E-state index contributed by atoms with van der Waals surface area (Å²) < 4.78 is 13.2. The van der Waals surface area contributed by atoms with E-state index in [1.165, 1.54) is 12.1 Å². The van der Waals surface area contributed by atoms with Crippen molar-refractivity contribution in [3.63, 3.8) is 0 Å². The number of amides is 4. The molecule has 26 heavy (non-hydrogen) atoms. The van der Waals surface area contributed by atoms with E-state index in [2.05, 4.69) is 5.32 Å². The van der Waals surface area contributed by atoms with Gasteiger partial charge in [-0.15, -0.1) is 0 Å². The molecule has 1 aromatic carbocycles. The van der Waals surface area contributed by atoms with Crippen LogP contribution in [-0.2, 0) is 9.59 Å². The van der Waals surface area contributed by atoms with Crippen LogP contribution in [0.3, 0.4) is 0 Å². The molecule has 2 heterocycles. The number of hydrogen-bond donors (Lipinski definition) is 1. The summed E-state index contributed by atoms with van der Waals surface area (Å²) in [6, 6.07) is 5.50. The number of imide groups is 1. The molecule has 2 atom stereocenters. The Balaban J connectivity index is 1.48. The van der Waals surface area contributed by atoms with Gasteiger partial charge in [-0.05, 0) is 56.2 Å². The number of nitrogens with zero attached hydrogens (tertiary/aromatic N) is 2. The van der Waals surface area contributed by atoms with E-state index in [1.54, 1.807) is 24.0 Å². The molecule has 7 heteroatoms. The third-order valence-corrected chi connectivity index (χ3v) is 5.82. The van der Waals surface area contributed by atoms with Crippen molar-refractivity contribution in [1.29, 1.82) is 0 Å². The standard InChI is InChI=1S/C19H22FN3O3/c1-19(13-6-7-13)17(25)23(18(26)21-19)11-16(24)22-10-2-3-15(22)12-4-8-14(20)9-5-12/h4-5,8-9,13,15H,2-3,6-7,10-11H2,1H3,(H,21,26). The van der Waals surface area contributed by atoms with Crippen LogP contribution in [0.4, 0.5) is 9.18 Å². The molecular formula is C19H22FN3O3. The number of halogens is 1. The number of carbonyl (C=O) groups excluding carboxylic acids is 3. The van der Waals surface area contributed by atoms with E-state index in [0.29, 0.717) is 6.54 Å². The van der Waals surface area contributed by atoms with Crippen LogP contribution in [0.15, 0.2) is 24.3 Å². The first-order chi connectivity index (χ1) is 12.4. The van der Waals surface area contributed by atoms with Crippen LogP contribution in [0.1, 0.15) is 44.2 Å². The van der Waals surface area contributed by atoms with Crippen LogP contribution < -0.4 is 5.32 Å². The van der Waals surface area contributed by atoms with E-state index in [1.807, 2.05) is 0 Å². The first-order valence-electron chi connectivity index (χ1n) is 9.09. The molecule has 1 saturated carbocycles. The molecule has 3 aliphatic rings. The molecule has 0 bridgehead atoms. The summed E-state index contributed by atoms with van der Waals surface area (Å²) in [6.45, 7) is 2.07. The first kappa shape index (κ1) is 17.0. The van der Waals surface area contributed by atoms with Gasteiger partial charge in [-0.1, -0.05) is 12.1 Å². The molecule has 3 fully saturated rings. The van der Waals surface area contributed by atoms with Crippen LogP contribution in [-0.4, -0.2) is 46.3 Å². The highest BCUT2D eigenvalue weighted by Gasteiger charge is 2.56. The summed E-state index contributed by atoms with van der Waals surface area (Å²) in [6.07, 6.45) is 3.47. The van der Waals surface area contributed by atoms with Crippen molar-refractivity contribution in [2.45, 2.75) is 44.2 Å². The first-order valence-corrected chi connectivity index (χ1v) is 9.09. The van der Waals surface area contributed by atoms with Crippen molar-refractivity contribution in [2.24, 2.45) is 5.92 Å². The zero-order chi connectivity index (χ0) is 18.5. The van der Waals surface area contributed by atoms with Gasteiger partial charge < -0.3 is 10.2 Å². The number of benzene rings is 1. The van der Waals surface area contributed by atoms with E-state index in [-0.39, 0.29) is 36.1 Å². The largest absolute Gasteiger partial charge is 0.334 e. The lowest BCUT2D eigenvalue weighted by atomic mass is 9.96. The van der Waals surface area contributed by atoms with Gasteiger partial charge in [0.05, 0.1) is 6.04 Å². The van der Waals surface area contributed by atoms with Gasteiger partial charge in [-0.2, -0.15) is 0 Å². The van der Waals surface area contributed by atoms with Crippen molar-refractivity contribution in [1.82, 2.24) is 15.1 Å². The van der Waals surface area contributed by atoms with Gasteiger partial charge in [-0.3, -0.25) is 14.5 Å². The average molecular weight is 359 g/mol. The SMILES string of the molecule is CC1(C2CC2)NC(=O)N(CC(=O)N2CCCC2c2ccc(F)cc2)C1=O. The van der Waals surface area contributed by atoms with Gasteiger partial charge in [0.2, 0.25) is 5.91 Å². The fraction of sp³-hybridized carbons (Fsp3) is 0.526. The molecule has 0 radical (unpaired) electrons. The molecule has 4 amide bonds.